The Hall–Kier alpha value is -1.66. The zero-order chi connectivity index (χ0) is 13.0. The minimum absolute atomic E-state index is 0.0401. The van der Waals surface area contributed by atoms with Gasteiger partial charge in [0.2, 0.25) is 0 Å². The zero-order valence-corrected chi connectivity index (χ0v) is 10.2. The Morgan fingerprint density at radius 2 is 2.28 bits per heavy atom. The van der Waals surface area contributed by atoms with E-state index in [0.717, 1.165) is 12.8 Å². The number of carbonyl (C=O) groups is 1. The molecule has 0 saturated carbocycles. The molecule has 1 amide bonds. The van der Waals surface area contributed by atoms with Crippen molar-refractivity contribution in [2.75, 3.05) is 25.1 Å². The Kier molecular flexibility index (Phi) is 4.11. The van der Waals surface area contributed by atoms with Gasteiger partial charge in [0.15, 0.2) is 0 Å². The molecule has 2 rings (SSSR count). The van der Waals surface area contributed by atoms with E-state index in [1.807, 2.05) is 0 Å². The number of piperidine rings is 1. The van der Waals surface area contributed by atoms with Crippen LogP contribution in [0.2, 0.25) is 0 Å². The van der Waals surface area contributed by atoms with Crippen LogP contribution in [0.25, 0.3) is 0 Å². The van der Waals surface area contributed by atoms with Gasteiger partial charge < -0.3 is 15.4 Å². The predicted octanol–water partition coefficient (Wildman–Crippen LogP) is 0.212. The molecule has 1 aliphatic rings. The molecule has 1 fully saturated rings. The first-order valence-corrected chi connectivity index (χ1v) is 6.07. The van der Waals surface area contributed by atoms with Crippen LogP contribution in [-0.2, 0) is 0 Å². The normalized spacial score (nSPS) is 16.7. The van der Waals surface area contributed by atoms with Crippen LogP contribution in [-0.4, -0.2) is 40.6 Å². The number of nitrogen functional groups attached to an aromatic ring is 1. The van der Waals surface area contributed by atoms with Gasteiger partial charge in [-0.2, -0.15) is 0 Å². The van der Waals surface area contributed by atoms with Crippen molar-refractivity contribution in [3.63, 3.8) is 0 Å². The molecule has 1 aromatic rings. The average molecular weight is 250 g/mol. The number of nitrogens with zero attached hydrogens (tertiary/aromatic N) is 2. The lowest BCUT2D eigenvalue weighted by Gasteiger charge is -2.31. The highest BCUT2D eigenvalue weighted by Crippen LogP contribution is 2.21. The monoisotopic (exact) mass is 250 g/mol. The molecule has 4 N–H and O–H groups in total. The third-order valence-corrected chi connectivity index (χ3v) is 3.37. The van der Waals surface area contributed by atoms with Gasteiger partial charge in [0.05, 0.1) is 17.4 Å². The van der Waals surface area contributed by atoms with E-state index in [1.54, 1.807) is 17.2 Å². The van der Waals surface area contributed by atoms with Crippen molar-refractivity contribution < 1.29 is 9.90 Å². The number of carbonyl (C=O) groups excluding carboxylic acids is 1. The number of hydrogen-bond donors (Lipinski definition) is 3. The molecule has 98 valence electrons. The first-order valence-electron chi connectivity index (χ1n) is 6.07. The summed E-state index contributed by atoms with van der Waals surface area (Å²) in [6.45, 7) is 1.56. The van der Waals surface area contributed by atoms with Crippen molar-refractivity contribution in [1.29, 1.82) is 0 Å². The summed E-state index contributed by atoms with van der Waals surface area (Å²) >= 11 is 0. The summed E-state index contributed by atoms with van der Waals surface area (Å²) in [5.41, 5.74) is 3.56. The molecule has 1 aromatic heterocycles. The van der Waals surface area contributed by atoms with E-state index >= 15 is 0 Å². The van der Waals surface area contributed by atoms with Crippen molar-refractivity contribution in [3.05, 3.63) is 24.0 Å². The number of pyridine rings is 1. The minimum atomic E-state index is -0.0401. The van der Waals surface area contributed by atoms with Gasteiger partial charge in [-0.05, 0) is 24.8 Å². The summed E-state index contributed by atoms with van der Waals surface area (Å²) in [5, 5.41) is 9.08. The molecule has 0 spiro atoms. The molecular formula is C12H18N4O2. The van der Waals surface area contributed by atoms with Crippen molar-refractivity contribution in [3.8, 4) is 0 Å². The molecule has 18 heavy (non-hydrogen) atoms. The lowest BCUT2D eigenvalue weighted by Crippen LogP contribution is -2.39. The zero-order valence-electron chi connectivity index (χ0n) is 10.2. The standard InChI is InChI=1S/C12H18N4O2/c13-15-11-7-14-4-1-10(11)12(18)16-5-2-9(8-17)3-6-16/h1,4,7,9,15,17H,2-3,5-6,8,13H2. The Morgan fingerprint density at radius 1 is 1.56 bits per heavy atom. The quantitative estimate of drug-likeness (QED) is 0.527. The van der Waals surface area contributed by atoms with Crippen molar-refractivity contribution in [2.24, 2.45) is 11.8 Å². The number of amides is 1. The molecular weight excluding hydrogens is 232 g/mol. The second-order valence-corrected chi connectivity index (χ2v) is 4.48. The molecule has 0 bridgehead atoms. The Bertz CT molecular complexity index is 416. The fourth-order valence-corrected chi connectivity index (χ4v) is 2.18. The number of likely N-dealkylation sites (tertiary alicyclic amines) is 1. The van der Waals surface area contributed by atoms with E-state index in [-0.39, 0.29) is 12.5 Å². The number of aliphatic hydroxyl groups excluding tert-OH is 1. The number of nitrogens with one attached hydrogen (secondary N) is 1. The van der Waals surface area contributed by atoms with Gasteiger partial charge in [0, 0.05) is 25.9 Å². The first kappa shape index (κ1) is 12.8. The number of nitrogens with two attached hydrogens (primary N) is 1. The largest absolute Gasteiger partial charge is 0.396 e. The topological polar surface area (TPSA) is 91.5 Å². The molecule has 0 aliphatic carbocycles. The smallest absolute Gasteiger partial charge is 0.256 e. The summed E-state index contributed by atoms with van der Waals surface area (Å²) in [7, 11) is 0. The molecule has 0 atom stereocenters. The highest BCUT2D eigenvalue weighted by Gasteiger charge is 2.24. The van der Waals surface area contributed by atoms with E-state index in [1.165, 1.54) is 6.20 Å². The summed E-state index contributed by atoms with van der Waals surface area (Å²) in [6, 6.07) is 1.66. The van der Waals surface area contributed by atoms with E-state index in [9.17, 15) is 4.79 Å². The Labute approximate surface area is 106 Å². The number of aliphatic hydroxyl groups is 1. The molecule has 0 unspecified atom stereocenters. The van der Waals surface area contributed by atoms with Crippen LogP contribution in [0.15, 0.2) is 18.5 Å². The van der Waals surface area contributed by atoms with Gasteiger partial charge in [-0.1, -0.05) is 0 Å². The number of anilines is 1. The van der Waals surface area contributed by atoms with E-state index < -0.39 is 0 Å². The third-order valence-electron chi connectivity index (χ3n) is 3.37. The van der Waals surface area contributed by atoms with Gasteiger partial charge in [-0.15, -0.1) is 0 Å². The van der Waals surface area contributed by atoms with Gasteiger partial charge in [-0.3, -0.25) is 15.6 Å². The second-order valence-electron chi connectivity index (χ2n) is 4.48. The van der Waals surface area contributed by atoms with E-state index in [0.29, 0.717) is 30.3 Å². The summed E-state index contributed by atoms with van der Waals surface area (Å²) < 4.78 is 0. The average Bonchev–Trinajstić information content (AvgIpc) is 2.46. The highest BCUT2D eigenvalue weighted by molar-refractivity contribution is 5.99. The van der Waals surface area contributed by atoms with Crippen LogP contribution in [0.3, 0.4) is 0 Å². The number of hydrogen-bond acceptors (Lipinski definition) is 5. The molecule has 1 saturated heterocycles. The molecule has 1 aliphatic heterocycles. The van der Waals surface area contributed by atoms with Gasteiger partial charge in [-0.25, -0.2) is 0 Å². The summed E-state index contributed by atoms with van der Waals surface area (Å²) in [6.07, 6.45) is 4.81. The second kappa shape index (κ2) is 5.79. The number of rotatable bonds is 3. The van der Waals surface area contributed by atoms with Crippen LogP contribution in [0.5, 0.6) is 0 Å². The fourth-order valence-electron chi connectivity index (χ4n) is 2.18. The lowest BCUT2D eigenvalue weighted by molar-refractivity contribution is 0.0651. The highest BCUT2D eigenvalue weighted by atomic mass is 16.3. The SMILES string of the molecule is NNc1cnccc1C(=O)N1CCC(CO)CC1. The number of hydrazine groups is 1. The van der Waals surface area contributed by atoms with Gasteiger partial charge in [0.25, 0.3) is 5.91 Å². The molecule has 6 nitrogen and oxygen atoms in total. The minimum Gasteiger partial charge on any atom is -0.396 e. The Morgan fingerprint density at radius 3 is 2.89 bits per heavy atom. The molecule has 0 aromatic carbocycles. The lowest BCUT2D eigenvalue weighted by atomic mass is 9.97. The maximum atomic E-state index is 12.3. The molecule has 2 heterocycles. The van der Waals surface area contributed by atoms with Crippen LogP contribution < -0.4 is 11.3 Å². The van der Waals surface area contributed by atoms with Crippen LogP contribution >= 0.6 is 0 Å². The first-order chi connectivity index (χ1) is 8.76. The Balaban J connectivity index is 2.08. The van der Waals surface area contributed by atoms with Crippen LogP contribution in [0.1, 0.15) is 23.2 Å². The van der Waals surface area contributed by atoms with Crippen molar-refractivity contribution in [2.45, 2.75) is 12.8 Å². The van der Waals surface area contributed by atoms with Gasteiger partial charge in [0.1, 0.15) is 0 Å². The van der Waals surface area contributed by atoms with E-state index in [4.69, 9.17) is 10.9 Å². The third kappa shape index (κ3) is 2.60. The van der Waals surface area contributed by atoms with Crippen molar-refractivity contribution in [1.82, 2.24) is 9.88 Å². The molecule has 0 radical (unpaired) electrons. The summed E-state index contributed by atoms with van der Waals surface area (Å²) in [5.74, 6) is 5.65. The maximum absolute atomic E-state index is 12.3. The predicted molar refractivity (Wildman–Crippen MR) is 67.8 cm³/mol. The number of aromatic nitrogens is 1. The van der Waals surface area contributed by atoms with E-state index in [2.05, 4.69) is 10.4 Å². The van der Waals surface area contributed by atoms with Crippen molar-refractivity contribution >= 4 is 11.6 Å². The van der Waals surface area contributed by atoms with Crippen LogP contribution in [0.4, 0.5) is 5.69 Å². The van der Waals surface area contributed by atoms with Gasteiger partial charge >= 0.3 is 0 Å². The fraction of sp³-hybridized carbons (Fsp3) is 0.500. The summed E-state index contributed by atoms with van der Waals surface area (Å²) in [4.78, 5) is 18.0. The molecule has 6 heteroatoms. The van der Waals surface area contributed by atoms with Crippen LogP contribution in [0, 0.1) is 5.92 Å². The maximum Gasteiger partial charge on any atom is 0.256 e.